The summed E-state index contributed by atoms with van der Waals surface area (Å²) in [6, 6.07) is 1.78. The fourth-order valence-electron chi connectivity index (χ4n) is 1.16. The second-order valence-electron chi connectivity index (χ2n) is 3.11. The van der Waals surface area contributed by atoms with Gasteiger partial charge in [0.05, 0.1) is 11.9 Å². The number of aryl methyl sites for hydroxylation is 1. The van der Waals surface area contributed by atoms with Crippen LogP contribution in [-0.2, 0) is 18.4 Å². The highest BCUT2D eigenvalue weighted by Crippen LogP contribution is 2.02. The zero-order chi connectivity index (χ0) is 11.4. The van der Waals surface area contributed by atoms with E-state index < -0.39 is 5.97 Å². The zero-order valence-electron chi connectivity index (χ0n) is 8.70. The first-order chi connectivity index (χ1) is 7.77. The molecule has 6 nitrogen and oxygen atoms in total. The van der Waals surface area contributed by atoms with Crippen LogP contribution in [0.15, 0.2) is 30.9 Å². The summed E-state index contributed by atoms with van der Waals surface area (Å²) in [7, 11) is 1.78. The molecule has 0 saturated heterocycles. The molecule has 0 unspecified atom stereocenters. The molecule has 82 valence electrons. The molecule has 0 aliphatic carbocycles. The molecule has 0 aliphatic heterocycles. The van der Waals surface area contributed by atoms with E-state index in [-0.39, 0.29) is 12.3 Å². The van der Waals surface area contributed by atoms with Crippen LogP contribution in [0.25, 0.3) is 0 Å². The molecule has 2 rings (SSSR count). The van der Waals surface area contributed by atoms with Crippen molar-refractivity contribution in [2.75, 3.05) is 0 Å². The average Bonchev–Trinajstić information content (AvgIpc) is 2.73. The highest BCUT2D eigenvalue weighted by molar-refractivity contribution is 5.86. The summed E-state index contributed by atoms with van der Waals surface area (Å²) in [5.74, 6) is -0.491. The number of rotatable bonds is 3. The van der Waals surface area contributed by atoms with Crippen molar-refractivity contribution in [3.63, 3.8) is 0 Å². The zero-order valence-corrected chi connectivity index (χ0v) is 8.70. The molecule has 0 spiro atoms. The summed E-state index contributed by atoms with van der Waals surface area (Å²) in [5.41, 5.74) is 1.02. The molecule has 2 heterocycles. The molecule has 0 amide bonds. The summed E-state index contributed by atoms with van der Waals surface area (Å²) in [4.78, 5) is 19.1. The van der Waals surface area contributed by atoms with Crippen LogP contribution in [0.5, 0.6) is 0 Å². The topological polar surface area (TPSA) is 69.9 Å². The number of esters is 1. The third-order valence-electron chi connectivity index (χ3n) is 2.05. The van der Waals surface area contributed by atoms with Gasteiger partial charge in [0.15, 0.2) is 5.69 Å². The van der Waals surface area contributed by atoms with Gasteiger partial charge in [-0.3, -0.25) is 9.67 Å². The lowest BCUT2D eigenvalue weighted by molar-refractivity contribution is 0.0456. The van der Waals surface area contributed by atoms with Crippen LogP contribution >= 0.6 is 0 Å². The van der Waals surface area contributed by atoms with Crippen LogP contribution in [0.4, 0.5) is 0 Å². The van der Waals surface area contributed by atoms with Gasteiger partial charge in [0.25, 0.3) is 0 Å². The number of aromatic nitrogens is 4. The number of carbonyl (C=O) groups is 1. The number of nitrogens with zero attached hydrogens (tertiary/aromatic N) is 4. The first-order valence-electron chi connectivity index (χ1n) is 4.67. The van der Waals surface area contributed by atoms with E-state index in [1.807, 2.05) is 0 Å². The van der Waals surface area contributed by atoms with Crippen molar-refractivity contribution in [1.29, 1.82) is 0 Å². The predicted octanol–water partition coefficient (Wildman–Crippen LogP) is 0.567. The Kier molecular flexibility index (Phi) is 2.90. The first-order valence-corrected chi connectivity index (χ1v) is 4.67. The fraction of sp³-hybridized carbons (Fsp3) is 0.200. The van der Waals surface area contributed by atoms with Gasteiger partial charge in [-0.2, -0.15) is 5.10 Å². The maximum Gasteiger partial charge on any atom is 0.358 e. The van der Waals surface area contributed by atoms with Gasteiger partial charge in [0, 0.05) is 25.6 Å². The van der Waals surface area contributed by atoms with Crippen molar-refractivity contribution < 1.29 is 9.53 Å². The van der Waals surface area contributed by atoms with Crippen LogP contribution in [-0.4, -0.2) is 25.7 Å². The molecule has 2 aromatic rings. The molecule has 0 N–H and O–H groups in total. The third kappa shape index (κ3) is 2.22. The van der Waals surface area contributed by atoms with E-state index in [2.05, 4.69) is 15.1 Å². The first kappa shape index (κ1) is 10.3. The maximum absolute atomic E-state index is 11.5. The monoisotopic (exact) mass is 218 g/mol. The second kappa shape index (κ2) is 4.52. The van der Waals surface area contributed by atoms with Gasteiger partial charge in [-0.05, 0) is 6.07 Å². The lowest BCUT2D eigenvalue weighted by atomic mass is 10.4. The van der Waals surface area contributed by atoms with Crippen LogP contribution in [0.2, 0.25) is 0 Å². The quantitative estimate of drug-likeness (QED) is 0.704. The summed E-state index contributed by atoms with van der Waals surface area (Å²) < 4.78 is 6.69. The molecule has 0 radical (unpaired) electrons. The SMILES string of the molecule is Cn1nccc1COC(=O)c1cnccn1. The molecule has 0 aromatic carbocycles. The van der Waals surface area contributed by atoms with Crippen LogP contribution in [0.3, 0.4) is 0 Å². The Morgan fingerprint density at radius 3 is 2.94 bits per heavy atom. The lowest BCUT2D eigenvalue weighted by Gasteiger charge is -2.03. The molecule has 0 bridgehead atoms. The minimum atomic E-state index is -0.491. The number of hydrogen-bond donors (Lipinski definition) is 0. The van der Waals surface area contributed by atoms with Gasteiger partial charge in [0.2, 0.25) is 0 Å². The molecule has 0 saturated carbocycles. The number of carbonyl (C=O) groups excluding carboxylic acids is 1. The molecular weight excluding hydrogens is 208 g/mol. The van der Waals surface area contributed by atoms with Gasteiger partial charge in [0.1, 0.15) is 6.61 Å². The molecular formula is C10H10N4O2. The van der Waals surface area contributed by atoms with Gasteiger partial charge in [-0.25, -0.2) is 9.78 Å². The summed E-state index contributed by atoms with van der Waals surface area (Å²) in [5, 5.41) is 3.96. The van der Waals surface area contributed by atoms with E-state index in [0.29, 0.717) is 0 Å². The molecule has 2 aromatic heterocycles. The van der Waals surface area contributed by atoms with Gasteiger partial charge in [-0.15, -0.1) is 0 Å². The second-order valence-corrected chi connectivity index (χ2v) is 3.11. The van der Waals surface area contributed by atoms with Crippen molar-refractivity contribution in [3.05, 3.63) is 42.2 Å². The van der Waals surface area contributed by atoms with Crippen molar-refractivity contribution in [2.45, 2.75) is 6.61 Å². The van der Waals surface area contributed by atoms with Gasteiger partial charge < -0.3 is 4.74 Å². The van der Waals surface area contributed by atoms with Crippen molar-refractivity contribution in [1.82, 2.24) is 19.7 Å². The standard InChI is InChI=1S/C10H10N4O2/c1-14-8(2-3-13-14)7-16-10(15)9-6-11-4-5-12-9/h2-6H,7H2,1H3. The molecule has 16 heavy (non-hydrogen) atoms. The van der Waals surface area contributed by atoms with Crippen molar-refractivity contribution in [2.24, 2.45) is 7.05 Å². The molecule has 0 aliphatic rings. The van der Waals surface area contributed by atoms with E-state index in [1.54, 1.807) is 24.0 Å². The Morgan fingerprint density at radius 2 is 2.31 bits per heavy atom. The summed E-state index contributed by atoms with van der Waals surface area (Å²) >= 11 is 0. The Bertz CT molecular complexity index is 481. The minimum Gasteiger partial charge on any atom is -0.454 e. The number of ether oxygens (including phenoxy) is 1. The predicted molar refractivity (Wildman–Crippen MR) is 54.4 cm³/mol. The van der Waals surface area contributed by atoms with E-state index >= 15 is 0 Å². The summed E-state index contributed by atoms with van der Waals surface area (Å²) in [6.45, 7) is 0.173. The Balaban J connectivity index is 1.97. The third-order valence-corrected chi connectivity index (χ3v) is 2.05. The van der Waals surface area contributed by atoms with Crippen molar-refractivity contribution in [3.8, 4) is 0 Å². The van der Waals surface area contributed by atoms with Crippen molar-refractivity contribution >= 4 is 5.97 Å². The smallest absolute Gasteiger partial charge is 0.358 e. The van der Waals surface area contributed by atoms with E-state index in [0.717, 1.165) is 5.69 Å². The highest BCUT2D eigenvalue weighted by atomic mass is 16.5. The Hall–Kier alpha value is -2.24. The Morgan fingerprint density at radius 1 is 1.44 bits per heavy atom. The van der Waals surface area contributed by atoms with E-state index in [9.17, 15) is 4.79 Å². The summed E-state index contributed by atoms with van der Waals surface area (Å²) in [6.07, 6.45) is 5.95. The Labute approximate surface area is 91.9 Å². The maximum atomic E-state index is 11.5. The van der Waals surface area contributed by atoms with Crippen LogP contribution in [0, 0.1) is 0 Å². The minimum absolute atomic E-state index is 0.173. The van der Waals surface area contributed by atoms with Crippen LogP contribution in [0.1, 0.15) is 16.2 Å². The van der Waals surface area contributed by atoms with Crippen LogP contribution < -0.4 is 0 Å². The van der Waals surface area contributed by atoms with E-state index in [4.69, 9.17) is 4.74 Å². The van der Waals surface area contributed by atoms with Gasteiger partial charge in [-0.1, -0.05) is 0 Å². The normalized spacial score (nSPS) is 10.1. The largest absolute Gasteiger partial charge is 0.454 e. The van der Waals surface area contributed by atoms with Gasteiger partial charge >= 0.3 is 5.97 Å². The van der Waals surface area contributed by atoms with E-state index in [1.165, 1.54) is 18.6 Å². The molecule has 0 fully saturated rings. The lowest BCUT2D eigenvalue weighted by Crippen LogP contribution is -2.09. The molecule has 6 heteroatoms. The number of hydrogen-bond acceptors (Lipinski definition) is 5. The average molecular weight is 218 g/mol. The molecule has 0 atom stereocenters. The fourth-order valence-corrected chi connectivity index (χ4v) is 1.16. The highest BCUT2D eigenvalue weighted by Gasteiger charge is 2.09.